The minimum Gasteiger partial charge on any atom is -0.316 e. The minimum absolute atomic E-state index is 0.166. The maximum absolute atomic E-state index is 13.6. The highest BCUT2D eigenvalue weighted by Gasteiger charge is 2.28. The monoisotopic (exact) mass is 789 g/mol. The zero-order chi connectivity index (χ0) is 39.8. The second-order valence-corrected chi connectivity index (χ2v) is 16.7. The third-order valence-corrected chi connectivity index (χ3v) is 12.7. The van der Waals surface area contributed by atoms with Crippen molar-refractivity contribution in [1.29, 1.82) is 0 Å². The summed E-state index contributed by atoms with van der Waals surface area (Å²) in [6.45, 7) is 0.557. The molecule has 1 N–H and O–H groups in total. The molecule has 0 saturated carbocycles. The Hall–Kier alpha value is -6.59. The first-order valence-electron chi connectivity index (χ1n) is 18.2. The van der Waals surface area contributed by atoms with Gasteiger partial charge in [0.15, 0.2) is 6.29 Å². The van der Waals surface area contributed by atoms with Gasteiger partial charge in [-0.05, 0) is 59.1 Å². The predicted octanol–water partition coefficient (Wildman–Crippen LogP) is 9.65. The van der Waals surface area contributed by atoms with Gasteiger partial charge in [-0.1, -0.05) is 158 Å². The van der Waals surface area contributed by atoms with E-state index in [9.17, 15) is 21.6 Å². The third-order valence-electron chi connectivity index (χ3n) is 9.37. The molecule has 0 bridgehead atoms. The number of carbonyl (C=O) groups is 1. The second kappa shape index (κ2) is 17.1. The summed E-state index contributed by atoms with van der Waals surface area (Å²) >= 11 is 0. The Kier molecular flexibility index (Phi) is 11.6. The van der Waals surface area contributed by atoms with Gasteiger partial charge in [-0.2, -0.15) is 0 Å². The van der Waals surface area contributed by atoms with Gasteiger partial charge in [-0.3, -0.25) is 4.79 Å². The molecule has 0 fully saturated rings. The van der Waals surface area contributed by atoms with Crippen molar-refractivity contribution in [2.45, 2.75) is 16.3 Å². The Labute approximate surface area is 333 Å². The predicted molar refractivity (Wildman–Crippen MR) is 227 cm³/mol. The molecule has 0 aliphatic carbocycles. The number of aldehydes is 1. The molecule has 0 unspecified atom stereocenters. The average Bonchev–Trinajstić information content (AvgIpc) is 3.86. The summed E-state index contributed by atoms with van der Waals surface area (Å²) in [5.41, 5.74) is 7.25. The lowest BCUT2D eigenvalue weighted by Crippen LogP contribution is -2.13. The first kappa shape index (κ1) is 38.7. The van der Waals surface area contributed by atoms with E-state index in [1.165, 1.54) is 14.1 Å². The lowest BCUT2D eigenvalue weighted by atomic mass is 9.98. The summed E-state index contributed by atoms with van der Waals surface area (Å²) in [4.78, 5) is 12.3. The number of nitrogens with one attached hydrogen (secondary N) is 1. The molecule has 8 nitrogen and oxygen atoms in total. The molecule has 0 aliphatic heterocycles. The maximum atomic E-state index is 13.6. The number of benzene rings is 6. The number of nitrogens with zero attached hydrogens (tertiary/aromatic N) is 2. The lowest BCUT2D eigenvalue weighted by Gasteiger charge is -2.13. The quantitative estimate of drug-likeness (QED) is 0.131. The van der Waals surface area contributed by atoms with Crippen molar-refractivity contribution in [3.05, 3.63) is 206 Å². The highest BCUT2D eigenvalue weighted by Crippen LogP contribution is 2.40. The van der Waals surface area contributed by atoms with E-state index in [0.717, 1.165) is 27.8 Å². The molecule has 0 radical (unpaired) electrons. The van der Waals surface area contributed by atoms with Crippen LogP contribution in [-0.2, 0) is 26.6 Å². The highest BCUT2D eigenvalue weighted by molar-refractivity contribution is 7.90. The van der Waals surface area contributed by atoms with Crippen LogP contribution in [0.15, 0.2) is 204 Å². The van der Waals surface area contributed by atoms with Crippen LogP contribution >= 0.6 is 0 Å². The van der Waals surface area contributed by atoms with Crippen LogP contribution in [-0.4, -0.2) is 38.1 Å². The summed E-state index contributed by atoms with van der Waals surface area (Å²) in [5, 5.41) is 3.17. The van der Waals surface area contributed by atoms with Crippen LogP contribution in [0.1, 0.15) is 15.9 Å². The molecule has 6 aromatic carbocycles. The van der Waals surface area contributed by atoms with Gasteiger partial charge in [0, 0.05) is 35.6 Å². The van der Waals surface area contributed by atoms with Gasteiger partial charge >= 0.3 is 0 Å². The molecule has 2 aromatic heterocycles. The average molecular weight is 790 g/mol. The summed E-state index contributed by atoms with van der Waals surface area (Å²) in [7, 11) is -5.78. The van der Waals surface area contributed by atoms with Crippen LogP contribution in [0.4, 0.5) is 0 Å². The van der Waals surface area contributed by atoms with E-state index in [1.54, 1.807) is 60.8 Å². The smallest absolute Gasteiger partial charge is 0.268 e. The zero-order valence-electron chi connectivity index (χ0n) is 31.0. The van der Waals surface area contributed by atoms with E-state index in [-0.39, 0.29) is 9.79 Å². The van der Waals surface area contributed by atoms with Gasteiger partial charge in [-0.15, -0.1) is 0 Å². The molecular formula is C47H39N3O5S2. The summed E-state index contributed by atoms with van der Waals surface area (Å²) in [6, 6.07) is 54.9. The van der Waals surface area contributed by atoms with E-state index in [0.29, 0.717) is 40.9 Å². The number of hydrogen-bond donors (Lipinski definition) is 1. The topological polar surface area (TPSA) is 107 Å². The molecule has 8 aromatic rings. The van der Waals surface area contributed by atoms with Crippen molar-refractivity contribution in [3.8, 4) is 44.8 Å². The fourth-order valence-corrected chi connectivity index (χ4v) is 9.66. The summed E-state index contributed by atoms with van der Waals surface area (Å²) in [5.74, 6) is 0. The van der Waals surface area contributed by atoms with Crippen molar-refractivity contribution in [2.75, 3.05) is 7.05 Å². The van der Waals surface area contributed by atoms with Crippen molar-refractivity contribution in [1.82, 2.24) is 13.3 Å². The molecule has 0 aliphatic rings. The number of hydrogen-bond acceptors (Lipinski definition) is 6. The van der Waals surface area contributed by atoms with E-state index in [2.05, 4.69) is 5.32 Å². The van der Waals surface area contributed by atoms with E-state index >= 15 is 0 Å². The van der Waals surface area contributed by atoms with Crippen LogP contribution in [0.25, 0.3) is 44.8 Å². The largest absolute Gasteiger partial charge is 0.316 e. The fraction of sp³-hybridized carbons (Fsp3) is 0.0426. The molecule has 0 saturated heterocycles. The van der Waals surface area contributed by atoms with Crippen LogP contribution in [0, 0.1) is 0 Å². The minimum atomic E-state index is -3.88. The fourth-order valence-electron chi connectivity index (χ4n) is 6.81. The Morgan fingerprint density at radius 2 is 0.789 bits per heavy atom. The Morgan fingerprint density at radius 1 is 0.456 bits per heavy atom. The molecule has 10 heteroatoms. The van der Waals surface area contributed by atoms with Gasteiger partial charge in [0.1, 0.15) is 0 Å². The Morgan fingerprint density at radius 3 is 1.18 bits per heavy atom. The Balaban J connectivity index is 0.000000174. The summed E-state index contributed by atoms with van der Waals surface area (Å²) in [6.07, 6.45) is 3.84. The van der Waals surface area contributed by atoms with Crippen LogP contribution in [0.2, 0.25) is 0 Å². The molecule has 0 atom stereocenters. The first-order chi connectivity index (χ1) is 27.8. The molecule has 284 valence electrons. The molecule has 0 spiro atoms. The summed E-state index contributed by atoms with van der Waals surface area (Å²) < 4.78 is 56.6. The van der Waals surface area contributed by atoms with Gasteiger partial charge in [0.25, 0.3) is 20.0 Å². The number of rotatable bonds is 11. The zero-order valence-corrected chi connectivity index (χ0v) is 32.6. The van der Waals surface area contributed by atoms with Crippen molar-refractivity contribution >= 4 is 26.3 Å². The van der Waals surface area contributed by atoms with Gasteiger partial charge in [0.2, 0.25) is 0 Å². The van der Waals surface area contributed by atoms with Crippen molar-refractivity contribution < 1.29 is 21.6 Å². The van der Waals surface area contributed by atoms with E-state index in [4.69, 9.17) is 0 Å². The number of aromatic nitrogens is 2. The molecular weight excluding hydrogens is 751 g/mol. The van der Waals surface area contributed by atoms with Crippen molar-refractivity contribution in [3.63, 3.8) is 0 Å². The van der Waals surface area contributed by atoms with E-state index in [1.807, 2.05) is 134 Å². The molecule has 57 heavy (non-hydrogen) atoms. The SMILES string of the molecule is CNCc1cn(S(=O)(=O)c2ccccc2)c(-c2ccccc2)c1-c1ccccc1.O=Cc1cn(S(=O)(=O)c2ccccc2)c(-c2ccccc2)c1-c1ccccc1. The Bertz CT molecular complexity index is 2810. The van der Waals surface area contributed by atoms with Gasteiger partial charge in [0.05, 0.1) is 21.2 Å². The van der Waals surface area contributed by atoms with E-state index < -0.39 is 20.0 Å². The van der Waals surface area contributed by atoms with Gasteiger partial charge < -0.3 is 5.32 Å². The standard InChI is InChI=1S/C24H22N2O2S.C23H17NO3S/c1-25-17-21-18-26(29(27,28)22-15-9-4-10-16-22)24(20-13-7-3-8-14-20)23(21)19-11-5-2-6-12-19;25-17-20-16-24(28(26,27)21-14-8-3-9-15-21)23(19-12-6-2-7-13-19)22(20)18-10-4-1-5-11-18/h2-16,18,25H,17H2,1H3;1-17H. The van der Waals surface area contributed by atoms with Crippen molar-refractivity contribution in [2.24, 2.45) is 0 Å². The second-order valence-electron chi connectivity index (χ2n) is 13.0. The van der Waals surface area contributed by atoms with Crippen LogP contribution < -0.4 is 5.32 Å². The van der Waals surface area contributed by atoms with Gasteiger partial charge in [-0.25, -0.2) is 24.8 Å². The highest BCUT2D eigenvalue weighted by atomic mass is 32.2. The van der Waals surface area contributed by atoms with Crippen LogP contribution in [0.5, 0.6) is 0 Å². The van der Waals surface area contributed by atoms with Crippen LogP contribution in [0.3, 0.4) is 0 Å². The third kappa shape index (κ3) is 7.92. The maximum Gasteiger partial charge on any atom is 0.268 e. The number of carbonyl (C=O) groups excluding carboxylic acids is 1. The normalized spacial score (nSPS) is 11.4. The molecule has 0 amide bonds. The lowest BCUT2D eigenvalue weighted by molar-refractivity contribution is 0.112. The molecule has 2 heterocycles. The molecule has 8 rings (SSSR count). The first-order valence-corrected chi connectivity index (χ1v) is 21.1.